The fourth-order valence-corrected chi connectivity index (χ4v) is 4.89. The molecule has 1 unspecified atom stereocenters. The number of hydrogen-bond donors (Lipinski definition) is 1. The third-order valence-electron chi connectivity index (χ3n) is 5.45. The van der Waals surface area contributed by atoms with Crippen molar-refractivity contribution in [1.29, 1.82) is 0 Å². The van der Waals surface area contributed by atoms with E-state index in [-0.39, 0.29) is 5.92 Å². The molecule has 0 saturated carbocycles. The van der Waals surface area contributed by atoms with E-state index < -0.39 is 5.97 Å². The maximum atomic E-state index is 11.4. The minimum atomic E-state index is -0.745. The van der Waals surface area contributed by atoms with Gasteiger partial charge in [-0.1, -0.05) is 35.6 Å². The number of carboxylic acid groups (broad SMARTS) is 1. The van der Waals surface area contributed by atoms with Gasteiger partial charge in [-0.05, 0) is 48.9 Å². The largest absolute Gasteiger partial charge is 0.481 e. The molecule has 6 nitrogen and oxygen atoms in total. The standard InChI is InChI=1S/C25H21N3O3S/c29-24(30)19-12-14-28(16-19)25-27-22(23(32-25)18-5-4-13-26-15-18)17-8-10-21(11-9-17)31-20-6-2-1-3-7-20/h1-11,13,15,19H,12,14,16H2,(H,29,30). The Hall–Kier alpha value is -3.71. The van der Waals surface area contributed by atoms with Crippen LogP contribution in [0.1, 0.15) is 6.42 Å². The van der Waals surface area contributed by atoms with E-state index in [1.54, 1.807) is 17.5 Å². The van der Waals surface area contributed by atoms with Crippen molar-refractivity contribution in [3.63, 3.8) is 0 Å². The van der Waals surface area contributed by atoms with Gasteiger partial charge >= 0.3 is 5.97 Å². The number of pyridine rings is 1. The maximum Gasteiger partial charge on any atom is 0.308 e. The molecule has 0 radical (unpaired) electrons. The minimum absolute atomic E-state index is 0.349. The highest BCUT2D eigenvalue weighted by Gasteiger charge is 2.30. The van der Waals surface area contributed by atoms with E-state index >= 15 is 0 Å². The third-order valence-corrected chi connectivity index (χ3v) is 6.62. The molecule has 0 spiro atoms. The molecule has 3 heterocycles. The zero-order chi connectivity index (χ0) is 21.9. The second kappa shape index (κ2) is 8.80. The fourth-order valence-electron chi connectivity index (χ4n) is 3.77. The number of hydrogen-bond acceptors (Lipinski definition) is 6. The second-order valence-electron chi connectivity index (χ2n) is 7.63. The summed E-state index contributed by atoms with van der Waals surface area (Å²) in [4.78, 5) is 23.7. The van der Waals surface area contributed by atoms with Crippen LogP contribution in [-0.2, 0) is 4.79 Å². The first-order valence-electron chi connectivity index (χ1n) is 10.4. The first kappa shape index (κ1) is 20.2. The number of ether oxygens (including phenoxy) is 1. The summed E-state index contributed by atoms with van der Waals surface area (Å²) in [5.74, 6) is 0.445. The molecule has 1 N–H and O–H groups in total. The highest BCUT2D eigenvalue weighted by atomic mass is 32.1. The van der Waals surface area contributed by atoms with Crippen LogP contribution in [0.5, 0.6) is 11.5 Å². The smallest absolute Gasteiger partial charge is 0.308 e. The summed E-state index contributed by atoms with van der Waals surface area (Å²) in [6.07, 6.45) is 4.22. The van der Waals surface area contributed by atoms with Crippen molar-refractivity contribution in [1.82, 2.24) is 9.97 Å². The number of carbonyl (C=O) groups is 1. The van der Waals surface area contributed by atoms with Crippen molar-refractivity contribution in [2.75, 3.05) is 18.0 Å². The van der Waals surface area contributed by atoms with Crippen LogP contribution in [0.3, 0.4) is 0 Å². The Morgan fingerprint density at radius 2 is 1.78 bits per heavy atom. The Bertz CT molecular complexity index is 1210. The topological polar surface area (TPSA) is 75.5 Å². The third kappa shape index (κ3) is 4.20. The van der Waals surface area contributed by atoms with Gasteiger partial charge in [0.25, 0.3) is 0 Å². The molecule has 7 heteroatoms. The Balaban J connectivity index is 1.47. The van der Waals surface area contributed by atoms with Gasteiger partial charge < -0.3 is 14.7 Å². The number of benzene rings is 2. The molecular formula is C25H21N3O3S. The number of thiazole rings is 1. The molecule has 32 heavy (non-hydrogen) atoms. The Kier molecular flexibility index (Phi) is 5.56. The molecule has 0 aliphatic carbocycles. The molecule has 1 atom stereocenters. The van der Waals surface area contributed by atoms with Gasteiger partial charge in [0, 0.05) is 36.6 Å². The average molecular weight is 444 g/mol. The summed E-state index contributed by atoms with van der Waals surface area (Å²) < 4.78 is 5.91. The van der Waals surface area contributed by atoms with Crippen LogP contribution in [0, 0.1) is 5.92 Å². The molecule has 0 bridgehead atoms. The van der Waals surface area contributed by atoms with Gasteiger partial charge in [0.2, 0.25) is 0 Å². The predicted octanol–water partition coefficient (Wildman–Crippen LogP) is 5.58. The summed E-state index contributed by atoms with van der Waals surface area (Å²) in [7, 11) is 0. The van der Waals surface area contributed by atoms with Crippen LogP contribution in [-0.4, -0.2) is 34.1 Å². The number of rotatable bonds is 6. The van der Waals surface area contributed by atoms with Crippen molar-refractivity contribution in [3.05, 3.63) is 79.1 Å². The molecule has 1 saturated heterocycles. The Morgan fingerprint density at radius 3 is 2.47 bits per heavy atom. The summed E-state index contributed by atoms with van der Waals surface area (Å²) >= 11 is 1.58. The van der Waals surface area contributed by atoms with Crippen LogP contribution in [0.15, 0.2) is 79.1 Å². The van der Waals surface area contributed by atoms with Crippen LogP contribution in [0.4, 0.5) is 5.13 Å². The van der Waals surface area contributed by atoms with E-state index in [4.69, 9.17) is 9.72 Å². The maximum absolute atomic E-state index is 11.4. The molecule has 4 aromatic rings. The van der Waals surface area contributed by atoms with Crippen molar-refractivity contribution in [2.24, 2.45) is 5.92 Å². The lowest BCUT2D eigenvalue weighted by atomic mass is 10.1. The number of nitrogens with zero attached hydrogens (tertiary/aromatic N) is 3. The summed E-state index contributed by atoms with van der Waals surface area (Å²) in [5.41, 5.74) is 2.83. The van der Waals surface area contributed by atoms with Crippen molar-refractivity contribution >= 4 is 22.4 Å². The first-order valence-corrected chi connectivity index (χ1v) is 11.2. The van der Waals surface area contributed by atoms with Gasteiger partial charge in [0.1, 0.15) is 11.5 Å². The lowest BCUT2D eigenvalue weighted by molar-refractivity contribution is -0.140. The molecular weight excluding hydrogens is 422 g/mol. The monoisotopic (exact) mass is 443 g/mol. The second-order valence-corrected chi connectivity index (χ2v) is 8.60. The zero-order valence-corrected chi connectivity index (χ0v) is 18.0. The van der Waals surface area contributed by atoms with Crippen LogP contribution in [0.25, 0.3) is 21.7 Å². The van der Waals surface area contributed by atoms with Gasteiger partial charge in [-0.2, -0.15) is 0 Å². The highest BCUT2D eigenvalue weighted by Crippen LogP contribution is 2.41. The molecule has 1 fully saturated rings. The lowest BCUT2D eigenvalue weighted by Crippen LogP contribution is -2.22. The molecule has 2 aromatic heterocycles. The van der Waals surface area contributed by atoms with Crippen molar-refractivity contribution < 1.29 is 14.6 Å². The molecule has 5 rings (SSSR count). The van der Waals surface area contributed by atoms with E-state index in [9.17, 15) is 9.90 Å². The predicted molar refractivity (Wildman–Crippen MR) is 125 cm³/mol. The van der Waals surface area contributed by atoms with Crippen LogP contribution in [0.2, 0.25) is 0 Å². The van der Waals surface area contributed by atoms with Crippen molar-refractivity contribution in [2.45, 2.75) is 6.42 Å². The first-order chi connectivity index (χ1) is 15.7. The van der Waals surface area contributed by atoms with Gasteiger partial charge in [-0.15, -0.1) is 0 Å². The Labute approximate surface area is 189 Å². The van der Waals surface area contributed by atoms with Gasteiger partial charge in [-0.25, -0.2) is 4.98 Å². The average Bonchev–Trinajstić information content (AvgIpc) is 3.49. The number of anilines is 1. The minimum Gasteiger partial charge on any atom is -0.481 e. The summed E-state index contributed by atoms with van der Waals surface area (Å²) in [6, 6.07) is 21.5. The van der Waals surface area contributed by atoms with Crippen LogP contribution < -0.4 is 9.64 Å². The van der Waals surface area contributed by atoms with Crippen LogP contribution >= 0.6 is 11.3 Å². The Morgan fingerprint density at radius 1 is 1.00 bits per heavy atom. The summed E-state index contributed by atoms with van der Waals surface area (Å²) in [6.45, 7) is 1.18. The molecule has 1 aliphatic rings. The van der Waals surface area contributed by atoms with E-state index in [0.29, 0.717) is 19.5 Å². The van der Waals surface area contributed by atoms with Gasteiger partial charge in [-0.3, -0.25) is 9.78 Å². The van der Waals surface area contributed by atoms with Gasteiger partial charge in [0.05, 0.1) is 16.5 Å². The normalized spacial score (nSPS) is 15.6. The molecule has 0 amide bonds. The lowest BCUT2D eigenvalue weighted by Gasteiger charge is -2.13. The van der Waals surface area contributed by atoms with E-state index in [1.165, 1.54) is 0 Å². The van der Waals surface area contributed by atoms with E-state index in [1.807, 2.05) is 72.9 Å². The van der Waals surface area contributed by atoms with Crippen molar-refractivity contribution in [3.8, 4) is 33.2 Å². The number of aliphatic carboxylic acids is 1. The quantitative estimate of drug-likeness (QED) is 0.420. The van der Waals surface area contributed by atoms with E-state index in [0.717, 1.165) is 38.3 Å². The zero-order valence-electron chi connectivity index (χ0n) is 17.2. The highest BCUT2D eigenvalue weighted by molar-refractivity contribution is 7.19. The number of carboxylic acids is 1. The van der Waals surface area contributed by atoms with Gasteiger partial charge in [0.15, 0.2) is 5.13 Å². The molecule has 160 valence electrons. The number of para-hydroxylation sites is 1. The molecule has 1 aliphatic heterocycles. The SMILES string of the molecule is O=C(O)C1CCN(c2nc(-c3ccc(Oc4ccccc4)cc3)c(-c3cccnc3)s2)C1. The van der Waals surface area contributed by atoms with E-state index in [2.05, 4.69) is 9.88 Å². The molecule has 2 aromatic carbocycles. The number of aromatic nitrogens is 2. The fraction of sp³-hybridized carbons (Fsp3) is 0.160. The summed E-state index contributed by atoms with van der Waals surface area (Å²) in [5, 5.41) is 10.2.